The van der Waals surface area contributed by atoms with E-state index in [1.54, 1.807) is 19.3 Å². The molecule has 0 saturated carbocycles. The molecule has 0 radical (unpaired) electrons. The second-order valence-electron chi connectivity index (χ2n) is 6.44. The summed E-state index contributed by atoms with van der Waals surface area (Å²) in [7, 11) is 0. The first-order valence-electron chi connectivity index (χ1n) is 10.7. The Morgan fingerprint density at radius 1 is 1.38 bits per heavy atom. The molecule has 0 atom stereocenters. The maximum absolute atomic E-state index is 14.6. The van der Waals surface area contributed by atoms with Gasteiger partial charge in [0.15, 0.2) is 0 Å². The molecular weight excluding hydrogens is 403 g/mol. The van der Waals surface area contributed by atoms with Gasteiger partial charge in [-0.2, -0.15) is 8.42 Å². The van der Waals surface area contributed by atoms with E-state index in [1.165, 1.54) is 24.3 Å². The lowest BCUT2D eigenvalue weighted by Crippen LogP contribution is -2.36. The Hall–Kier alpha value is -2.85. The smallest absolute Gasteiger partial charge is 0.335 e. The van der Waals surface area contributed by atoms with Gasteiger partial charge in [0.1, 0.15) is 11.6 Å². The predicted molar refractivity (Wildman–Crippen MR) is 105 cm³/mol. The zero-order chi connectivity index (χ0) is 26.3. The quantitative estimate of drug-likeness (QED) is 0.514. The Morgan fingerprint density at radius 2 is 2.00 bits per heavy atom. The van der Waals surface area contributed by atoms with Crippen LogP contribution in [0.1, 0.15) is 34.0 Å². The van der Waals surface area contributed by atoms with Crippen LogP contribution < -0.4 is 15.8 Å². The fraction of sp³-hybridized carbons (Fsp3) is 0.368. The standard InChI is InChI=1S/C19H23FN2O4.O2S/c1-4-26-14-7-5-13(6-8-14)15-11-17(23)22(12-16(15)20)10-9-19(2,3)18(24)21-25;1-3-2/h5-8,11-12,25H,4,9-10H2,1-3H3,(H,21,24);/i1D3,4D2;. The molecule has 0 saturated heterocycles. The second kappa shape index (κ2) is 11.2. The number of hydrogen-bond acceptors (Lipinski definition) is 6. The van der Waals surface area contributed by atoms with Crippen LogP contribution in [0.15, 0.2) is 41.3 Å². The van der Waals surface area contributed by atoms with Crippen LogP contribution in [-0.2, 0) is 22.9 Å². The number of pyridine rings is 1. The maximum atomic E-state index is 14.6. The minimum atomic E-state index is -2.99. The molecule has 2 N–H and O–H groups in total. The van der Waals surface area contributed by atoms with Gasteiger partial charge in [-0.05, 0) is 31.0 Å². The third kappa shape index (κ3) is 6.91. The molecule has 2 aromatic rings. The summed E-state index contributed by atoms with van der Waals surface area (Å²) in [6.45, 7) is -2.69. The highest BCUT2D eigenvalue weighted by molar-refractivity contribution is 7.51. The number of benzene rings is 1. The summed E-state index contributed by atoms with van der Waals surface area (Å²) in [5, 5.41) is 8.76. The van der Waals surface area contributed by atoms with E-state index >= 15 is 0 Å². The Balaban J connectivity index is 0.00000182. The van der Waals surface area contributed by atoms with Gasteiger partial charge in [0.05, 0.1) is 9.30 Å². The number of ether oxygens (including phenoxy) is 1. The Bertz CT molecular complexity index is 1100. The number of nitrogens with one attached hydrogen (secondary N) is 1. The van der Waals surface area contributed by atoms with Gasteiger partial charge in [-0.1, -0.05) is 26.0 Å². The first-order valence-corrected chi connectivity index (χ1v) is 8.82. The molecule has 2 rings (SSSR count). The molecule has 1 amide bonds. The maximum Gasteiger partial charge on any atom is 0.335 e. The fourth-order valence-electron chi connectivity index (χ4n) is 2.37. The summed E-state index contributed by atoms with van der Waals surface area (Å²) >= 11 is -0.750. The molecular formula is C19H23FN2O6S. The van der Waals surface area contributed by atoms with Gasteiger partial charge in [0.25, 0.3) is 5.56 Å². The molecule has 1 heterocycles. The van der Waals surface area contributed by atoms with E-state index in [2.05, 4.69) is 0 Å². The Kier molecular flexibility index (Phi) is 6.60. The molecule has 0 fully saturated rings. The largest absolute Gasteiger partial charge is 0.494 e. The van der Waals surface area contributed by atoms with Crippen molar-refractivity contribution < 1.29 is 34.4 Å². The van der Waals surface area contributed by atoms with Gasteiger partial charge in [-0.3, -0.25) is 14.8 Å². The lowest BCUT2D eigenvalue weighted by atomic mass is 9.88. The number of aryl methyl sites for hydroxylation is 1. The summed E-state index contributed by atoms with van der Waals surface area (Å²) in [4.78, 5) is 24.0. The van der Waals surface area contributed by atoms with E-state index in [0.717, 1.165) is 16.8 Å². The third-order valence-corrected chi connectivity index (χ3v) is 4.11. The molecule has 0 aliphatic heterocycles. The number of halogens is 1. The van der Waals surface area contributed by atoms with Gasteiger partial charge in [0.2, 0.25) is 5.91 Å². The molecule has 0 aliphatic rings. The zero-order valence-electron chi connectivity index (χ0n) is 20.6. The van der Waals surface area contributed by atoms with E-state index in [-0.39, 0.29) is 24.3 Å². The van der Waals surface area contributed by atoms with Crippen molar-refractivity contribution in [2.75, 3.05) is 6.56 Å². The summed E-state index contributed by atoms with van der Waals surface area (Å²) < 4.78 is 73.6. The van der Waals surface area contributed by atoms with E-state index in [0.29, 0.717) is 5.56 Å². The molecule has 1 aromatic carbocycles. The molecule has 0 spiro atoms. The number of aromatic nitrogens is 1. The topological polar surface area (TPSA) is 115 Å². The Morgan fingerprint density at radius 3 is 2.55 bits per heavy atom. The average Bonchev–Trinajstić information content (AvgIpc) is 2.73. The monoisotopic (exact) mass is 431 g/mol. The number of amides is 1. The molecule has 29 heavy (non-hydrogen) atoms. The van der Waals surface area contributed by atoms with Crippen molar-refractivity contribution in [3.05, 3.63) is 52.7 Å². The van der Waals surface area contributed by atoms with Crippen molar-refractivity contribution in [2.45, 2.75) is 33.7 Å². The van der Waals surface area contributed by atoms with Gasteiger partial charge in [-0.25, -0.2) is 9.87 Å². The van der Waals surface area contributed by atoms with Crippen LogP contribution in [0.2, 0.25) is 0 Å². The number of carbonyl (C=O) groups is 1. The van der Waals surface area contributed by atoms with Crippen molar-refractivity contribution in [2.24, 2.45) is 5.41 Å². The van der Waals surface area contributed by atoms with Crippen molar-refractivity contribution in [3.8, 4) is 16.9 Å². The van der Waals surface area contributed by atoms with Crippen LogP contribution >= 0.6 is 0 Å². The second-order valence-corrected chi connectivity index (χ2v) is 6.57. The van der Waals surface area contributed by atoms with Gasteiger partial charge in [0, 0.05) is 33.9 Å². The molecule has 10 heteroatoms. The lowest BCUT2D eigenvalue weighted by molar-refractivity contribution is -0.138. The Labute approximate surface area is 177 Å². The number of nitrogens with zero attached hydrogens (tertiary/aromatic N) is 1. The lowest BCUT2D eigenvalue weighted by Gasteiger charge is -2.22. The zero-order valence-corrected chi connectivity index (χ0v) is 16.4. The number of hydrogen-bond donors (Lipinski definition) is 2. The van der Waals surface area contributed by atoms with Crippen LogP contribution in [0, 0.1) is 11.2 Å². The molecule has 0 aliphatic carbocycles. The molecule has 0 unspecified atom stereocenters. The summed E-state index contributed by atoms with van der Waals surface area (Å²) in [5.41, 5.74) is 0.390. The highest BCUT2D eigenvalue weighted by atomic mass is 32.1. The first-order chi connectivity index (χ1) is 15.6. The van der Waals surface area contributed by atoms with E-state index in [4.69, 9.17) is 25.2 Å². The third-order valence-electron chi connectivity index (χ3n) is 4.11. The summed E-state index contributed by atoms with van der Waals surface area (Å²) in [5.74, 6) is -1.39. The van der Waals surface area contributed by atoms with Crippen LogP contribution in [0.4, 0.5) is 4.39 Å². The predicted octanol–water partition coefficient (Wildman–Crippen LogP) is 2.30. The van der Waals surface area contributed by atoms with Crippen LogP contribution in [0.25, 0.3) is 11.1 Å². The SMILES string of the molecule is O=S=O.[2H]C([2H])([2H])C([2H])([2H])Oc1ccc(-c2cc(=O)n(CCC(C)(C)C(=O)NO)cc2F)cc1. The minimum Gasteiger partial charge on any atom is -0.494 e. The molecule has 158 valence electrons. The van der Waals surface area contributed by atoms with Crippen molar-refractivity contribution in [1.29, 1.82) is 0 Å². The number of rotatable bonds is 7. The molecule has 0 bridgehead atoms. The fourth-order valence-corrected chi connectivity index (χ4v) is 2.37. The van der Waals surface area contributed by atoms with E-state index in [9.17, 15) is 14.0 Å². The minimum absolute atomic E-state index is 0.000932. The van der Waals surface area contributed by atoms with Crippen LogP contribution in [0.5, 0.6) is 5.75 Å². The van der Waals surface area contributed by atoms with Gasteiger partial charge >= 0.3 is 11.6 Å². The molecule has 1 aromatic heterocycles. The first kappa shape index (κ1) is 17.0. The van der Waals surface area contributed by atoms with Gasteiger partial charge in [-0.15, -0.1) is 0 Å². The number of hydroxylamine groups is 1. The van der Waals surface area contributed by atoms with E-state index in [1.807, 2.05) is 0 Å². The van der Waals surface area contributed by atoms with Crippen molar-refractivity contribution in [3.63, 3.8) is 0 Å². The summed E-state index contributed by atoms with van der Waals surface area (Å²) in [6.07, 6.45) is 1.19. The van der Waals surface area contributed by atoms with Crippen molar-refractivity contribution >= 4 is 17.5 Å². The average molecular weight is 431 g/mol. The van der Waals surface area contributed by atoms with Crippen LogP contribution in [-0.4, -0.2) is 30.7 Å². The highest BCUT2D eigenvalue weighted by Gasteiger charge is 2.27. The van der Waals surface area contributed by atoms with Gasteiger partial charge < -0.3 is 9.30 Å². The normalized spacial score (nSPS) is 14.0. The van der Waals surface area contributed by atoms with Crippen molar-refractivity contribution in [1.82, 2.24) is 10.0 Å². The highest BCUT2D eigenvalue weighted by Crippen LogP contribution is 2.25. The molecule has 8 nitrogen and oxygen atoms in total. The van der Waals surface area contributed by atoms with Crippen LogP contribution in [0.3, 0.4) is 0 Å². The van der Waals surface area contributed by atoms with E-state index < -0.39 is 47.7 Å². The summed E-state index contributed by atoms with van der Waals surface area (Å²) in [6, 6.07) is 6.40. The number of carbonyl (C=O) groups excluding carboxylic acids is 1.